The summed E-state index contributed by atoms with van der Waals surface area (Å²) >= 11 is 0. The predicted molar refractivity (Wildman–Crippen MR) is 136 cm³/mol. The molecule has 0 aromatic carbocycles. The van der Waals surface area contributed by atoms with Crippen LogP contribution >= 0.6 is 0 Å². The van der Waals surface area contributed by atoms with Gasteiger partial charge < -0.3 is 24.3 Å². The number of nitrogens with one attached hydrogen (secondary N) is 2. The molecule has 2 atom stereocenters. The Morgan fingerprint density at radius 1 is 0.892 bits per heavy atom. The SMILES string of the molecule is CC(=O)[C@@H]1CCc2ccc(NC(=O)c3cc(C)on3)c(=O)n21.CNc1ccc2n(c1=O)[C@H](C(C)=O)CC2. The molecule has 1 amide bonds. The lowest BCUT2D eigenvalue weighted by Gasteiger charge is -2.13. The molecule has 0 spiro atoms. The Bertz CT molecular complexity index is 1500. The first-order chi connectivity index (χ1) is 17.6. The van der Waals surface area contributed by atoms with E-state index in [1.165, 1.54) is 24.5 Å². The Hall–Kier alpha value is -4.28. The maximum absolute atomic E-state index is 12.5. The maximum atomic E-state index is 12.5. The van der Waals surface area contributed by atoms with Crippen LogP contribution in [-0.2, 0) is 22.4 Å². The number of hydrogen-bond acceptors (Lipinski definition) is 8. The molecule has 0 unspecified atom stereocenters. The minimum absolute atomic E-state index is 0.0588. The Kier molecular flexibility index (Phi) is 7.23. The topological polar surface area (TPSA) is 145 Å². The number of amides is 1. The molecule has 0 fully saturated rings. The van der Waals surface area contributed by atoms with Crippen LogP contribution in [-0.4, -0.2) is 38.8 Å². The maximum Gasteiger partial charge on any atom is 0.278 e. The van der Waals surface area contributed by atoms with Crippen molar-refractivity contribution in [3.8, 4) is 0 Å². The van der Waals surface area contributed by atoms with Gasteiger partial charge in [0.1, 0.15) is 17.1 Å². The van der Waals surface area contributed by atoms with Gasteiger partial charge in [0.25, 0.3) is 17.0 Å². The number of anilines is 2. The molecule has 2 N–H and O–H groups in total. The van der Waals surface area contributed by atoms with Crippen molar-refractivity contribution >= 4 is 28.8 Å². The molecule has 11 nitrogen and oxygen atoms in total. The molecule has 0 saturated carbocycles. The number of aryl methyl sites for hydroxylation is 3. The van der Waals surface area contributed by atoms with Crippen molar-refractivity contribution in [3.05, 3.63) is 73.9 Å². The van der Waals surface area contributed by atoms with Crippen LogP contribution in [0.25, 0.3) is 0 Å². The third-order valence-corrected chi connectivity index (χ3v) is 6.69. The number of carbonyl (C=O) groups is 3. The third kappa shape index (κ3) is 5.02. The predicted octanol–water partition coefficient (Wildman–Crippen LogP) is 2.44. The second kappa shape index (κ2) is 10.4. The number of rotatable bonds is 5. The monoisotopic (exact) mass is 507 g/mol. The first-order valence-corrected chi connectivity index (χ1v) is 12.0. The van der Waals surface area contributed by atoms with Gasteiger partial charge in [0.05, 0.1) is 12.1 Å². The van der Waals surface area contributed by atoms with Gasteiger partial charge in [-0.25, -0.2) is 0 Å². The van der Waals surface area contributed by atoms with Gasteiger partial charge in [-0.3, -0.25) is 24.0 Å². The largest absolute Gasteiger partial charge is 0.384 e. The standard InChI is InChI=1S/C15H15N3O4.C11H14N2O2/c1-8-7-12(17-22-8)14(20)16-11-5-3-10-4-6-13(9(2)19)18(10)15(11)21;1-7(14)10-6-4-8-3-5-9(12-2)11(15)13(8)10/h3,5,7,13H,4,6H2,1-2H3,(H,16,20);3,5,10,12H,4,6H2,1-2H3/t13-;10-/m00/s1. The van der Waals surface area contributed by atoms with Gasteiger partial charge in [-0.1, -0.05) is 5.16 Å². The minimum atomic E-state index is -0.521. The molecule has 0 bridgehead atoms. The Labute approximate surface area is 212 Å². The van der Waals surface area contributed by atoms with Crippen molar-refractivity contribution in [3.63, 3.8) is 0 Å². The zero-order chi connectivity index (χ0) is 26.9. The Balaban J connectivity index is 0.000000186. The van der Waals surface area contributed by atoms with E-state index in [9.17, 15) is 24.0 Å². The average molecular weight is 508 g/mol. The normalized spacial score (nSPS) is 17.3. The van der Waals surface area contributed by atoms with Gasteiger partial charge >= 0.3 is 0 Å². The van der Waals surface area contributed by atoms with Crippen LogP contribution in [0.1, 0.15) is 66.4 Å². The van der Waals surface area contributed by atoms with Crippen molar-refractivity contribution in [2.45, 2.75) is 58.5 Å². The summed E-state index contributed by atoms with van der Waals surface area (Å²) in [5.41, 5.74) is 2.08. The molecular formula is C26H29N5O6. The van der Waals surface area contributed by atoms with Crippen LogP contribution < -0.4 is 21.8 Å². The fourth-order valence-corrected chi connectivity index (χ4v) is 4.82. The number of hydrogen-bond donors (Lipinski definition) is 2. The number of aromatic nitrogens is 3. The highest BCUT2D eigenvalue weighted by atomic mass is 16.5. The van der Waals surface area contributed by atoms with E-state index in [1.807, 2.05) is 6.07 Å². The first kappa shape index (κ1) is 25.8. The molecule has 2 aliphatic rings. The first-order valence-electron chi connectivity index (χ1n) is 12.0. The van der Waals surface area contributed by atoms with E-state index < -0.39 is 11.9 Å². The zero-order valence-corrected chi connectivity index (χ0v) is 21.2. The van der Waals surface area contributed by atoms with E-state index in [-0.39, 0.29) is 40.1 Å². The molecule has 3 aromatic heterocycles. The van der Waals surface area contributed by atoms with E-state index in [4.69, 9.17) is 4.52 Å². The van der Waals surface area contributed by atoms with Crippen molar-refractivity contribution in [2.75, 3.05) is 17.7 Å². The summed E-state index contributed by atoms with van der Waals surface area (Å²) in [7, 11) is 1.71. The number of Topliss-reactive ketones (excluding diaryl/α,β-unsaturated/α-hetero) is 2. The molecule has 0 saturated heterocycles. The number of carbonyl (C=O) groups excluding carboxylic acids is 3. The zero-order valence-electron chi connectivity index (χ0n) is 21.2. The second-order valence-corrected chi connectivity index (χ2v) is 9.18. The average Bonchev–Trinajstić information content (AvgIpc) is 3.59. The highest BCUT2D eigenvalue weighted by Crippen LogP contribution is 2.26. The van der Waals surface area contributed by atoms with Gasteiger partial charge in [0, 0.05) is 24.5 Å². The van der Waals surface area contributed by atoms with Gasteiger partial charge in [-0.15, -0.1) is 0 Å². The van der Waals surface area contributed by atoms with Crippen molar-refractivity contribution in [1.29, 1.82) is 0 Å². The Morgan fingerprint density at radius 2 is 1.41 bits per heavy atom. The molecule has 5 heterocycles. The molecule has 194 valence electrons. The number of nitrogens with zero attached hydrogens (tertiary/aromatic N) is 3. The molecular weight excluding hydrogens is 478 g/mol. The quantitative estimate of drug-likeness (QED) is 0.536. The second-order valence-electron chi connectivity index (χ2n) is 9.18. The highest BCUT2D eigenvalue weighted by Gasteiger charge is 2.28. The van der Waals surface area contributed by atoms with Crippen LogP contribution in [0.3, 0.4) is 0 Å². The fourth-order valence-electron chi connectivity index (χ4n) is 4.82. The lowest BCUT2D eigenvalue weighted by Crippen LogP contribution is -2.30. The summed E-state index contributed by atoms with van der Waals surface area (Å²) in [6, 6.07) is 7.77. The van der Waals surface area contributed by atoms with Gasteiger partial charge in [-0.2, -0.15) is 0 Å². The number of ketones is 2. The molecule has 5 rings (SSSR count). The van der Waals surface area contributed by atoms with E-state index in [0.29, 0.717) is 24.3 Å². The van der Waals surface area contributed by atoms with Gasteiger partial charge in [0.15, 0.2) is 17.3 Å². The van der Waals surface area contributed by atoms with E-state index in [0.717, 1.165) is 24.2 Å². The number of pyridine rings is 2. The molecule has 37 heavy (non-hydrogen) atoms. The lowest BCUT2D eigenvalue weighted by molar-refractivity contribution is -0.120. The fraction of sp³-hybridized carbons (Fsp3) is 0.385. The lowest BCUT2D eigenvalue weighted by atomic mass is 10.1. The van der Waals surface area contributed by atoms with Crippen LogP contribution in [0.15, 0.2) is 44.4 Å². The molecule has 3 aromatic rings. The molecule has 2 aliphatic heterocycles. The number of fused-ring (bicyclic) bond motifs is 2. The van der Waals surface area contributed by atoms with Crippen LogP contribution in [0.4, 0.5) is 11.4 Å². The molecule has 0 aliphatic carbocycles. The molecule has 0 radical (unpaired) electrons. The smallest absolute Gasteiger partial charge is 0.278 e. The van der Waals surface area contributed by atoms with Crippen molar-refractivity contribution in [1.82, 2.24) is 14.3 Å². The Morgan fingerprint density at radius 3 is 1.86 bits per heavy atom. The van der Waals surface area contributed by atoms with Crippen molar-refractivity contribution < 1.29 is 18.9 Å². The molecule has 11 heteroatoms. The van der Waals surface area contributed by atoms with E-state index >= 15 is 0 Å². The summed E-state index contributed by atoms with van der Waals surface area (Å²) in [6.45, 7) is 4.68. The van der Waals surface area contributed by atoms with Crippen LogP contribution in [0.5, 0.6) is 0 Å². The highest BCUT2D eigenvalue weighted by molar-refractivity contribution is 6.02. The minimum Gasteiger partial charge on any atom is -0.384 e. The van der Waals surface area contributed by atoms with Gasteiger partial charge in [0.2, 0.25) is 0 Å². The summed E-state index contributed by atoms with van der Waals surface area (Å²) in [6.07, 6.45) is 2.85. The summed E-state index contributed by atoms with van der Waals surface area (Å²) < 4.78 is 7.92. The van der Waals surface area contributed by atoms with E-state index in [1.54, 1.807) is 36.7 Å². The van der Waals surface area contributed by atoms with Crippen LogP contribution in [0, 0.1) is 6.92 Å². The van der Waals surface area contributed by atoms with E-state index in [2.05, 4.69) is 15.8 Å². The van der Waals surface area contributed by atoms with Crippen LogP contribution in [0.2, 0.25) is 0 Å². The summed E-state index contributed by atoms with van der Waals surface area (Å²) in [5.74, 6) is -0.0140. The third-order valence-electron chi connectivity index (χ3n) is 6.69. The van der Waals surface area contributed by atoms with Crippen molar-refractivity contribution in [2.24, 2.45) is 0 Å². The summed E-state index contributed by atoms with van der Waals surface area (Å²) in [5, 5.41) is 8.97. The summed E-state index contributed by atoms with van der Waals surface area (Å²) in [4.78, 5) is 59.5. The van der Waals surface area contributed by atoms with Gasteiger partial charge in [-0.05, 0) is 70.7 Å².